The van der Waals surface area contributed by atoms with Gasteiger partial charge in [0, 0.05) is 27.7 Å². The summed E-state index contributed by atoms with van der Waals surface area (Å²) in [5, 5.41) is 5.85. The molecule has 0 aliphatic carbocycles. The molecule has 0 aliphatic heterocycles. The van der Waals surface area contributed by atoms with Gasteiger partial charge in [0.25, 0.3) is 0 Å². The minimum Gasteiger partial charge on any atom is -0.354 e. The van der Waals surface area contributed by atoms with Crippen molar-refractivity contribution in [3.63, 3.8) is 0 Å². The van der Waals surface area contributed by atoms with Crippen molar-refractivity contribution in [3.8, 4) is 10.4 Å². The van der Waals surface area contributed by atoms with E-state index in [1.165, 1.54) is 19.1 Å². The number of carbonyl (C=O) groups excluding carboxylic acids is 1. The number of rotatable bonds is 5. The van der Waals surface area contributed by atoms with E-state index in [-0.39, 0.29) is 5.78 Å². The lowest BCUT2D eigenvalue weighted by Crippen LogP contribution is -2.05. The van der Waals surface area contributed by atoms with Crippen LogP contribution >= 0.6 is 11.3 Å². The molecule has 0 unspecified atom stereocenters. The first kappa shape index (κ1) is 20.8. The largest absolute Gasteiger partial charge is 0.416 e. The molecule has 0 spiro atoms. The van der Waals surface area contributed by atoms with Crippen LogP contribution in [0.15, 0.2) is 72.3 Å². The van der Waals surface area contributed by atoms with Crippen LogP contribution in [-0.4, -0.2) is 10.8 Å². The highest BCUT2D eigenvalue weighted by molar-refractivity contribution is 7.13. The lowest BCUT2D eigenvalue weighted by molar-refractivity contribution is -0.137. The van der Waals surface area contributed by atoms with Gasteiger partial charge in [-0.1, -0.05) is 18.2 Å². The van der Waals surface area contributed by atoms with E-state index in [9.17, 15) is 18.0 Å². The molecule has 0 amide bonds. The number of aromatic nitrogens is 1. The van der Waals surface area contributed by atoms with Gasteiger partial charge in [-0.15, -0.1) is 11.3 Å². The average Bonchev–Trinajstić information content (AvgIpc) is 3.27. The monoisotopic (exact) mass is 438 g/mol. The maximum atomic E-state index is 13.2. The summed E-state index contributed by atoms with van der Waals surface area (Å²) in [6, 6.07) is 14.8. The van der Waals surface area contributed by atoms with Crippen LogP contribution in [0.2, 0.25) is 0 Å². The molecule has 156 valence electrons. The van der Waals surface area contributed by atoms with Crippen molar-refractivity contribution in [3.05, 3.63) is 83.4 Å². The molecule has 7 heteroatoms. The van der Waals surface area contributed by atoms with E-state index in [4.69, 9.17) is 0 Å². The van der Waals surface area contributed by atoms with Gasteiger partial charge in [0.15, 0.2) is 5.78 Å². The van der Waals surface area contributed by atoms with Crippen LogP contribution in [-0.2, 0) is 11.0 Å². The van der Waals surface area contributed by atoms with Gasteiger partial charge >= 0.3 is 6.18 Å². The maximum Gasteiger partial charge on any atom is 0.416 e. The Morgan fingerprint density at radius 1 is 1.10 bits per heavy atom. The molecule has 0 aliphatic rings. The van der Waals surface area contributed by atoms with Gasteiger partial charge < -0.3 is 5.32 Å². The Labute approximate surface area is 180 Å². The first-order chi connectivity index (χ1) is 14.8. The quantitative estimate of drug-likeness (QED) is 0.332. The molecule has 0 bridgehead atoms. The van der Waals surface area contributed by atoms with E-state index in [1.807, 2.05) is 35.7 Å². The van der Waals surface area contributed by atoms with Gasteiger partial charge in [0.05, 0.1) is 16.8 Å². The summed E-state index contributed by atoms with van der Waals surface area (Å²) in [6.07, 6.45) is 0.177. The highest BCUT2D eigenvalue weighted by Gasteiger charge is 2.30. The highest BCUT2D eigenvalue weighted by atomic mass is 32.1. The molecule has 4 aromatic rings. The third-order valence-corrected chi connectivity index (χ3v) is 5.58. The predicted octanol–water partition coefficient (Wildman–Crippen LogP) is 7.33. The number of hydrogen-bond donors (Lipinski definition) is 1. The average molecular weight is 438 g/mol. The van der Waals surface area contributed by atoms with Gasteiger partial charge in [-0.25, -0.2) is 0 Å². The summed E-state index contributed by atoms with van der Waals surface area (Å²) in [7, 11) is 0. The number of ketones is 1. The van der Waals surface area contributed by atoms with Crippen LogP contribution in [0, 0.1) is 0 Å². The van der Waals surface area contributed by atoms with Gasteiger partial charge in [0.1, 0.15) is 0 Å². The van der Waals surface area contributed by atoms with E-state index >= 15 is 0 Å². The van der Waals surface area contributed by atoms with Crippen molar-refractivity contribution in [1.82, 2.24) is 4.98 Å². The lowest BCUT2D eigenvalue weighted by Gasteiger charge is -2.15. The Bertz CT molecular complexity index is 1280. The molecule has 1 N–H and O–H groups in total. The minimum atomic E-state index is -4.44. The van der Waals surface area contributed by atoms with Crippen molar-refractivity contribution in [2.45, 2.75) is 13.1 Å². The molecule has 2 aromatic heterocycles. The Balaban J connectivity index is 1.88. The summed E-state index contributed by atoms with van der Waals surface area (Å²) in [6.45, 7) is 1.43. The molecular formula is C24H17F3N2OS. The minimum absolute atomic E-state index is 0.141. The molecule has 2 aromatic carbocycles. The second-order valence-corrected chi connectivity index (χ2v) is 7.89. The Kier molecular flexibility index (Phi) is 5.61. The van der Waals surface area contributed by atoms with Crippen molar-refractivity contribution in [2.24, 2.45) is 0 Å². The molecule has 4 rings (SSSR count). The predicted molar refractivity (Wildman–Crippen MR) is 119 cm³/mol. The molecule has 31 heavy (non-hydrogen) atoms. The molecule has 0 radical (unpaired) electrons. The summed E-state index contributed by atoms with van der Waals surface area (Å²) in [5.41, 5.74) is 2.40. The number of pyridine rings is 1. The van der Waals surface area contributed by atoms with Gasteiger partial charge in [-0.05, 0) is 66.4 Å². The highest BCUT2D eigenvalue weighted by Crippen LogP contribution is 2.36. The number of hydrogen-bond acceptors (Lipinski definition) is 4. The SMILES string of the molecule is CC(=O)/C=C/c1cnc2ccc(-c3cccs3)cc2c1Nc1cccc(C(F)(F)F)c1. The third kappa shape index (κ3) is 4.67. The van der Waals surface area contributed by atoms with Crippen molar-refractivity contribution >= 4 is 45.5 Å². The number of benzene rings is 2. The molecule has 0 fully saturated rings. The molecular weight excluding hydrogens is 421 g/mol. The van der Waals surface area contributed by atoms with Crippen LogP contribution in [0.3, 0.4) is 0 Å². The fraction of sp³-hybridized carbons (Fsp3) is 0.0833. The van der Waals surface area contributed by atoms with Crippen LogP contribution in [0.5, 0.6) is 0 Å². The summed E-state index contributed by atoms with van der Waals surface area (Å²) in [4.78, 5) is 17.0. The van der Waals surface area contributed by atoms with Crippen molar-refractivity contribution in [1.29, 1.82) is 0 Å². The van der Waals surface area contributed by atoms with Gasteiger partial charge in [-0.2, -0.15) is 13.2 Å². The second-order valence-electron chi connectivity index (χ2n) is 6.95. The Hall–Kier alpha value is -3.45. The second kappa shape index (κ2) is 8.35. The van der Waals surface area contributed by atoms with Crippen molar-refractivity contribution in [2.75, 3.05) is 5.32 Å². The smallest absolute Gasteiger partial charge is 0.354 e. The first-order valence-electron chi connectivity index (χ1n) is 9.41. The molecule has 2 heterocycles. The Morgan fingerprint density at radius 2 is 1.94 bits per heavy atom. The van der Waals surface area contributed by atoms with Gasteiger partial charge in [0.2, 0.25) is 0 Å². The standard InChI is InChI=1S/C24H17F3N2OS/c1-15(30)7-8-17-14-28-21-10-9-16(22-6-3-11-31-22)12-20(21)23(17)29-19-5-2-4-18(13-19)24(25,26)27/h2-14H,1H3,(H,28,29)/b8-7+. The van der Waals surface area contributed by atoms with Crippen LogP contribution in [0.25, 0.3) is 27.4 Å². The number of nitrogens with zero attached hydrogens (tertiary/aromatic N) is 1. The van der Waals surface area contributed by atoms with E-state index in [1.54, 1.807) is 29.7 Å². The van der Waals surface area contributed by atoms with Crippen molar-refractivity contribution < 1.29 is 18.0 Å². The number of alkyl halides is 3. The number of carbonyl (C=O) groups is 1. The molecule has 3 nitrogen and oxygen atoms in total. The topological polar surface area (TPSA) is 42.0 Å². The normalized spacial score (nSPS) is 11.9. The number of fused-ring (bicyclic) bond motifs is 1. The maximum absolute atomic E-state index is 13.2. The third-order valence-electron chi connectivity index (χ3n) is 4.66. The first-order valence-corrected chi connectivity index (χ1v) is 10.3. The van der Waals surface area contributed by atoms with Crippen LogP contribution in [0.4, 0.5) is 24.5 Å². The zero-order valence-electron chi connectivity index (χ0n) is 16.4. The number of halogens is 3. The van der Waals surface area contributed by atoms with E-state index in [2.05, 4.69) is 10.3 Å². The van der Waals surface area contributed by atoms with Crippen LogP contribution < -0.4 is 5.32 Å². The van der Waals surface area contributed by atoms with Gasteiger partial charge in [-0.3, -0.25) is 9.78 Å². The summed E-state index contributed by atoms with van der Waals surface area (Å²) in [5.74, 6) is -0.141. The molecule has 0 saturated heterocycles. The fourth-order valence-corrected chi connectivity index (χ4v) is 3.92. The summed E-state index contributed by atoms with van der Waals surface area (Å²) < 4.78 is 39.5. The zero-order chi connectivity index (χ0) is 22.0. The number of thiophene rings is 1. The Morgan fingerprint density at radius 3 is 2.65 bits per heavy atom. The number of allylic oxidation sites excluding steroid dienone is 1. The molecule has 0 atom stereocenters. The number of nitrogens with one attached hydrogen (secondary N) is 1. The number of anilines is 2. The van der Waals surface area contributed by atoms with E-state index in [0.717, 1.165) is 28.0 Å². The fourth-order valence-electron chi connectivity index (χ4n) is 3.19. The summed E-state index contributed by atoms with van der Waals surface area (Å²) >= 11 is 1.59. The zero-order valence-corrected chi connectivity index (χ0v) is 17.2. The van der Waals surface area contributed by atoms with E-state index < -0.39 is 11.7 Å². The van der Waals surface area contributed by atoms with Crippen LogP contribution in [0.1, 0.15) is 18.1 Å². The lowest BCUT2D eigenvalue weighted by atomic mass is 10.0. The van der Waals surface area contributed by atoms with E-state index in [0.29, 0.717) is 22.5 Å². The molecule has 0 saturated carbocycles.